The summed E-state index contributed by atoms with van der Waals surface area (Å²) in [6.45, 7) is 0. The molecule has 3 rings (SSSR count). The molecular formula is C19H9ClF9N. The van der Waals surface area contributed by atoms with Crippen molar-refractivity contribution in [3.8, 4) is 11.1 Å². The Balaban J connectivity index is 2.30. The number of nitrogens with zero attached hydrogens (tertiary/aromatic N) is 1. The Morgan fingerprint density at radius 3 is 1.87 bits per heavy atom. The summed E-state index contributed by atoms with van der Waals surface area (Å²) in [4.78, 5) is 3.24. The highest BCUT2D eigenvalue weighted by Gasteiger charge is 2.82. The van der Waals surface area contributed by atoms with Crippen LogP contribution in [0.15, 0.2) is 54.6 Å². The Kier molecular flexibility index (Phi) is 5.21. The lowest BCUT2D eigenvalue weighted by Gasteiger charge is -2.33. The number of alkyl halides is 9. The van der Waals surface area contributed by atoms with Crippen LogP contribution in [0.1, 0.15) is 5.69 Å². The monoisotopic (exact) mass is 457 g/mol. The van der Waals surface area contributed by atoms with Gasteiger partial charge < -0.3 is 0 Å². The molecule has 0 radical (unpaired) electrons. The first-order valence-electron chi connectivity index (χ1n) is 8.06. The minimum atomic E-state index is -7.01. The van der Waals surface area contributed by atoms with Crippen molar-refractivity contribution in [2.75, 3.05) is 0 Å². The van der Waals surface area contributed by atoms with E-state index < -0.39 is 29.6 Å². The number of halogens is 10. The molecule has 0 aliphatic carbocycles. The summed E-state index contributed by atoms with van der Waals surface area (Å²) in [6.07, 6.45) is -6.91. The van der Waals surface area contributed by atoms with Crippen molar-refractivity contribution >= 4 is 22.5 Å². The van der Waals surface area contributed by atoms with Gasteiger partial charge in [0.25, 0.3) is 0 Å². The van der Waals surface area contributed by atoms with E-state index in [-0.39, 0.29) is 27.1 Å². The first-order chi connectivity index (χ1) is 13.7. The van der Waals surface area contributed by atoms with E-state index in [1.54, 1.807) is 6.07 Å². The third kappa shape index (κ3) is 3.36. The molecular weight excluding hydrogens is 449 g/mol. The highest BCUT2D eigenvalue weighted by Crippen LogP contribution is 2.56. The average Bonchev–Trinajstić information content (AvgIpc) is 2.66. The molecule has 1 heterocycles. The van der Waals surface area contributed by atoms with E-state index >= 15 is 0 Å². The van der Waals surface area contributed by atoms with Gasteiger partial charge in [-0.3, -0.25) is 0 Å². The number of benzene rings is 2. The molecule has 1 nitrogen and oxygen atoms in total. The van der Waals surface area contributed by atoms with Crippen LogP contribution in [0, 0.1) is 0 Å². The van der Waals surface area contributed by atoms with Gasteiger partial charge in [0.05, 0.1) is 5.52 Å². The lowest BCUT2D eigenvalue weighted by atomic mass is 9.95. The fourth-order valence-corrected chi connectivity index (χ4v) is 2.92. The maximum Gasteiger partial charge on any atom is 0.460 e. The number of rotatable bonds is 4. The largest absolute Gasteiger partial charge is 0.460 e. The van der Waals surface area contributed by atoms with Crippen molar-refractivity contribution in [1.82, 2.24) is 4.98 Å². The molecule has 0 spiro atoms. The quantitative estimate of drug-likeness (QED) is 0.370. The van der Waals surface area contributed by atoms with Crippen LogP contribution in [0.5, 0.6) is 0 Å². The number of aromatic nitrogens is 1. The lowest BCUT2D eigenvalue weighted by molar-refractivity contribution is -0.400. The zero-order chi connectivity index (χ0) is 22.5. The first kappa shape index (κ1) is 22.2. The van der Waals surface area contributed by atoms with Crippen LogP contribution in [0.2, 0.25) is 5.02 Å². The summed E-state index contributed by atoms with van der Waals surface area (Å²) in [6, 6.07) is 11.4. The lowest BCUT2D eigenvalue weighted by Crippen LogP contribution is -2.59. The third-order valence-electron chi connectivity index (χ3n) is 4.32. The zero-order valence-corrected chi connectivity index (χ0v) is 15.2. The fourth-order valence-electron chi connectivity index (χ4n) is 2.75. The van der Waals surface area contributed by atoms with Gasteiger partial charge in [0.15, 0.2) is 0 Å². The van der Waals surface area contributed by atoms with Crippen LogP contribution < -0.4 is 0 Å². The van der Waals surface area contributed by atoms with Crippen LogP contribution in [0.3, 0.4) is 0 Å². The van der Waals surface area contributed by atoms with Crippen LogP contribution in [-0.4, -0.2) is 23.0 Å². The minimum absolute atomic E-state index is 0.0399. The minimum Gasteiger partial charge on any atom is -0.246 e. The second-order valence-electron chi connectivity index (χ2n) is 6.30. The topological polar surface area (TPSA) is 12.9 Å². The Morgan fingerprint density at radius 1 is 0.700 bits per heavy atom. The summed E-state index contributed by atoms with van der Waals surface area (Å²) in [5, 5.41) is 0.109. The standard InChI is InChI=1S/C19H9ClF9N/c20-11-6-7-12-13(10-4-2-1-3-5-10)9-15(30-14(12)8-11)16(21,22)17(23,24)18(25,26)19(27,28)29/h1-9H. The molecule has 0 fully saturated rings. The number of fused-ring (bicyclic) bond motifs is 1. The van der Waals surface area contributed by atoms with Gasteiger partial charge in [0, 0.05) is 10.4 Å². The van der Waals surface area contributed by atoms with E-state index in [9.17, 15) is 39.5 Å². The molecule has 3 aromatic rings. The maximum absolute atomic E-state index is 14.5. The van der Waals surface area contributed by atoms with Crippen molar-refractivity contribution in [3.63, 3.8) is 0 Å². The van der Waals surface area contributed by atoms with Crippen LogP contribution in [0.25, 0.3) is 22.0 Å². The molecule has 0 unspecified atom stereocenters. The van der Waals surface area contributed by atoms with Crippen molar-refractivity contribution in [2.24, 2.45) is 0 Å². The van der Waals surface area contributed by atoms with Gasteiger partial charge in [-0.25, -0.2) is 4.98 Å². The van der Waals surface area contributed by atoms with Crippen molar-refractivity contribution in [3.05, 3.63) is 65.3 Å². The second kappa shape index (κ2) is 7.04. The molecule has 2 aromatic carbocycles. The molecule has 0 amide bonds. The third-order valence-corrected chi connectivity index (χ3v) is 4.56. The zero-order valence-electron chi connectivity index (χ0n) is 14.4. The molecule has 0 aliphatic rings. The molecule has 0 N–H and O–H groups in total. The summed E-state index contributed by atoms with van der Waals surface area (Å²) < 4.78 is 121. The molecule has 160 valence electrons. The Labute approximate surface area is 168 Å². The van der Waals surface area contributed by atoms with E-state index in [4.69, 9.17) is 11.6 Å². The number of hydrogen-bond acceptors (Lipinski definition) is 1. The van der Waals surface area contributed by atoms with Crippen molar-refractivity contribution in [1.29, 1.82) is 0 Å². The highest BCUT2D eigenvalue weighted by atomic mass is 35.5. The van der Waals surface area contributed by atoms with Crippen molar-refractivity contribution in [2.45, 2.75) is 23.9 Å². The Hall–Kier alpha value is -2.49. The molecule has 0 atom stereocenters. The average molecular weight is 458 g/mol. The van der Waals surface area contributed by atoms with Gasteiger partial charge in [-0.2, -0.15) is 39.5 Å². The van der Waals surface area contributed by atoms with E-state index in [0.29, 0.717) is 6.07 Å². The predicted octanol–water partition coefficient (Wildman–Crippen LogP) is 7.48. The Morgan fingerprint density at radius 2 is 1.30 bits per heavy atom. The van der Waals surface area contributed by atoms with Gasteiger partial charge in [0.1, 0.15) is 5.69 Å². The SMILES string of the molecule is FC(F)(F)C(F)(F)C(F)(F)C(F)(F)c1cc(-c2ccccc2)c2ccc(Cl)cc2n1. The van der Waals surface area contributed by atoms with Gasteiger partial charge >= 0.3 is 23.9 Å². The van der Waals surface area contributed by atoms with E-state index in [1.807, 2.05) is 0 Å². The van der Waals surface area contributed by atoms with Crippen molar-refractivity contribution < 1.29 is 39.5 Å². The summed E-state index contributed by atoms with van der Waals surface area (Å²) in [7, 11) is 0. The van der Waals surface area contributed by atoms with E-state index in [0.717, 1.165) is 6.07 Å². The van der Waals surface area contributed by atoms with Gasteiger partial charge in [-0.15, -0.1) is 0 Å². The molecule has 0 aliphatic heterocycles. The van der Waals surface area contributed by atoms with Crippen LogP contribution in [0.4, 0.5) is 39.5 Å². The van der Waals surface area contributed by atoms with Gasteiger partial charge in [-0.05, 0) is 29.3 Å². The summed E-state index contributed by atoms with van der Waals surface area (Å²) in [5.74, 6) is -19.8. The van der Waals surface area contributed by atoms with Gasteiger partial charge in [0.2, 0.25) is 0 Å². The maximum atomic E-state index is 14.5. The molecule has 0 bridgehead atoms. The smallest absolute Gasteiger partial charge is 0.246 e. The molecule has 11 heteroatoms. The number of hydrogen-bond donors (Lipinski definition) is 0. The summed E-state index contributed by atoms with van der Waals surface area (Å²) in [5.41, 5.74) is -2.25. The van der Waals surface area contributed by atoms with E-state index in [1.165, 1.54) is 36.4 Å². The summed E-state index contributed by atoms with van der Waals surface area (Å²) >= 11 is 5.76. The highest BCUT2D eigenvalue weighted by molar-refractivity contribution is 6.31. The first-order valence-corrected chi connectivity index (χ1v) is 8.44. The Bertz CT molecular complexity index is 1080. The normalized spacial score (nSPS) is 13.7. The fraction of sp³-hybridized carbons (Fsp3) is 0.211. The molecule has 0 saturated heterocycles. The second-order valence-corrected chi connectivity index (χ2v) is 6.74. The molecule has 0 saturated carbocycles. The van der Waals surface area contributed by atoms with E-state index in [2.05, 4.69) is 4.98 Å². The van der Waals surface area contributed by atoms with Crippen LogP contribution in [-0.2, 0) is 5.92 Å². The molecule has 1 aromatic heterocycles. The van der Waals surface area contributed by atoms with Gasteiger partial charge in [-0.1, -0.05) is 48.0 Å². The molecule has 30 heavy (non-hydrogen) atoms. The van der Waals surface area contributed by atoms with Crippen LogP contribution >= 0.6 is 11.6 Å². The predicted molar refractivity (Wildman–Crippen MR) is 92.0 cm³/mol. The number of pyridine rings is 1.